The quantitative estimate of drug-likeness (QED) is 0.839. The van der Waals surface area contributed by atoms with Crippen LogP contribution in [0.2, 0.25) is 5.02 Å². The van der Waals surface area contributed by atoms with Gasteiger partial charge in [-0.15, -0.1) is 12.4 Å². The van der Waals surface area contributed by atoms with Gasteiger partial charge in [-0.3, -0.25) is 0 Å². The maximum atomic E-state index is 13.3. The second-order valence-electron chi connectivity index (χ2n) is 3.84. The molecule has 0 aliphatic carbocycles. The molecule has 0 radical (unpaired) electrons. The molecule has 0 bridgehead atoms. The summed E-state index contributed by atoms with van der Waals surface area (Å²) < 4.78 is 13.3. The zero-order valence-electron chi connectivity index (χ0n) is 9.04. The lowest BCUT2D eigenvalue weighted by molar-refractivity contribution is 0.499. The van der Waals surface area contributed by atoms with Crippen LogP contribution in [0.25, 0.3) is 0 Å². The van der Waals surface area contributed by atoms with E-state index in [1.54, 1.807) is 6.07 Å². The molecular weight excluding hydrogens is 250 g/mol. The Morgan fingerprint density at radius 1 is 1.50 bits per heavy atom. The van der Waals surface area contributed by atoms with Crippen molar-refractivity contribution in [1.82, 2.24) is 5.32 Å². The smallest absolute Gasteiger partial charge is 0.143 e. The van der Waals surface area contributed by atoms with Gasteiger partial charge in [0.25, 0.3) is 0 Å². The first-order valence-corrected chi connectivity index (χ1v) is 5.48. The molecule has 5 heteroatoms. The lowest BCUT2D eigenvalue weighted by Crippen LogP contribution is -2.49. The van der Waals surface area contributed by atoms with E-state index in [9.17, 15) is 4.39 Å². The fraction of sp³-hybridized carbons (Fsp3) is 0.455. The highest BCUT2D eigenvalue weighted by Gasteiger charge is 2.18. The van der Waals surface area contributed by atoms with Gasteiger partial charge in [-0.25, -0.2) is 4.39 Å². The minimum absolute atomic E-state index is 0. The summed E-state index contributed by atoms with van der Waals surface area (Å²) in [4.78, 5) is 2.19. The van der Waals surface area contributed by atoms with Crippen molar-refractivity contribution in [3.05, 3.63) is 29.0 Å². The van der Waals surface area contributed by atoms with Crippen molar-refractivity contribution in [1.29, 1.82) is 0 Å². The maximum absolute atomic E-state index is 13.3. The van der Waals surface area contributed by atoms with Crippen LogP contribution in [0.4, 0.5) is 10.1 Å². The Bertz CT molecular complexity index is 360. The van der Waals surface area contributed by atoms with E-state index in [-0.39, 0.29) is 23.2 Å². The molecule has 0 spiro atoms. The summed E-state index contributed by atoms with van der Waals surface area (Å²) in [6.45, 7) is 4.90. The molecule has 90 valence electrons. The molecular formula is C11H15Cl2FN2. The van der Waals surface area contributed by atoms with Gasteiger partial charge in [-0.2, -0.15) is 0 Å². The van der Waals surface area contributed by atoms with E-state index >= 15 is 0 Å². The Labute approximate surface area is 106 Å². The topological polar surface area (TPSA) is 15.3 Å². The van der Waals surface area contributed by atoms with Gasteiger partial charge in [0.2, 0.25) is 0 Å². The first-order chi connectivity index (χ1) is 7.18. The highest BCUT2D eigenvalue weighted by molar-refractivity contribution is 6.30. The summed E-state index contributed by atoms with van der Waals surface area (Å²) in [6.07, 6.45) is 0. The molecule has 1 aromatic rings. The van der Waals surface area contributed by atoms with E-state index in [2.05, 4.69) is 17.1 Å². The summed E-state index contributed by atoms with van der Waals surface area (Å²) in [7, 11) is 0. The minimum atomic E-state index is -0.347. The number of anilines is 1. The Balaban J connectivity index is 0.00000128. The molecule has 0 aromatic heterocycles. The van der Waals surface area contributed by atoms with Gasteiger partial charge in [0, 0.05) is 31.4 Å². The molecule has 1 aliphatic rings. The van der Waals surface area contributed by atoms with E-state index in [1.807, 2.05) is 6.07 Å². The standard InChI is InChI=1S/C11H14ClFN2.ClH/c1-8-7-14-4-5-15(8)9-2-3-10(12)11(13)6-9;/h2-3,6,8,14H,4-5,7H2,1H3;1H. The van der Waals surface area contributed by atoms with Gasteiger partial charge in [-0.05, 0) is 25.1 Å². The fourth-order valence-corrected chi connectivity index (χ4v) is 2.01. The number of nitrogens with one attached hydrogen (secondary N) is 1. The number of hydrogen-bond donors (Lipinski definition) is 1. The second-order valence-corrected chi connectivity index (χ2v) is 4.25. The first kappa shape index (κ1) is 13.6. The van der Waals surface area contributed by atoms with Gasteiger partial charge in [0.05, 0.1) is 5.02 Å². The third kappa shape index (κ3) is 2.78. The van der Waals surface area contributed by atoms with E-state index in [0.717, 1.165) is 25.3 Å². The van der Waals surface area contributed by atoms with Crippen LogP contribution in [0.5, 0.6) is 0 Å². The molecule has 16 heavy (non-hydrogen) atoms. The van der Waals surface area contributed by atoms with E-state index in [1.165, 1.54) is 6.07 Å². The number of benzene rings is 1. The summed E-state index contributed by atoms with van der Waals surface area (Å²) in [5, 5.41) is 3.48. The summed E-state index contributed by atoms with van der Waals surface area (Å²) in [5.74, 6) is -0.347. The Morgan fingerprint density at radius 2 is 2.25 bits per heavy atom. The number of piperazine rings is 1. The molecule has 0 saturated carbocycles. The van der Waals surface area contributed by atoms with Crippen LogP contribution in [0.15, 0.2) is 18.2 Å². The van der Waals surface area contributed by atoms with Crippen LogP contribution in [-0.4, -0.2) is 25.7 Å². The van der Waals surface area contributed by atoms with Crippen molar-refractivity contribution in [3.8, 4) is 0 Å². The zero-order valence-corrected chi connectivity index (χ0v) is 10.6. The molecule has 0 amide bonds. The highest BCUT2D eigenvalue weighted by Crippen LogP contribution is 2.23. The molecule has 1 fully saturated rings. The average Bonchev–Trinajstić information content (AvgIpc) is 2.23. The van der Waals surface area contributed by atoms with Crippen molar-refractivity contribution in [2.75, 3.05) is 24.5 Å². The Kier molecular flexibility index (Phi) is 4.84. The van der Waals surface area contributed by atoms with Crippen molar-refractivity contribution in [3.63, 3.8) is 0 Å². The Morgan fingerprint density at radius 3 is 2.88 bits per heavy atom. The minimum Gasteiger partial charge on any atom is -0.366 e. The lowest BCUT2D eigenvalue weighted by Gasteiger charge is -2.35. The number of hydrogen-bond acceptors (Lipinski definition) is 2. The van der Waals surface area contributed by atoms with E-state index in [0.29, 0.717) is 6.04 Å². The molecule has 1 aromatic carbocycles. The van der Waals surface area contributed by atoms with Gasteiger partial charge in [0.15, 0.2) is 0 Å². The first-order valence-electron chi connectivity index (χ1n) is 5.11. The molecule has 1 heterocycles. The van der Waals surface area contributed by atoms with Gasteiger partial charge >= 0.3 is 0 Å². The molecule has 1 saturated heterocycles. The van der Waals surface area contributed by atoms with Crippen LogP contribution in [0.3, 0.4) is 0 Å². The lowest BCUT2D eigenvalue weighted by atomic mass is 10.2. The van der Waals surface area contributed by atoms with Crippen LogP contribution >= 0.6 is 24.0 Å². The fourth-order valence-electron chi connectivity index (χ4n) is 1.89. The number of halogens is 3. The van der Waals surface area contributed by atoms with Crippen molar-refractivity contribution in [2.24, 2.45) is 0 Å². The normalized spacial score (nSPS) is 20.4. The van der Waals surface area contributed by atoms with Crippen molar-refractivity contribution in [2.45, 2.75) is 13.0 Å². The molecule has 1 unspecified atom stereocenters. The molecule has 2 nitrogen and oxygen atoms in total. The predicted molar refractivity (Wildman–Crippen MR) is 68.3 cm³/mol. The molecule has 2 rings (SSSR count). The highest BCUT2D eigenvalue weighted by atomic mass is 35.5. The van der Waals surface area contributed by atoms with Crippen molar-refractivity contribution >= 4 is 29.7 Å². The summed E-state index contributed by atoms with van der Waals surface area (Å²) in [6, 6.07) is 5.37. The predicted octanol–water partition coefficient (Wildman–Crippen LogP) is 2.70. The number of nitrogens with zero attached hydrogens (tertiary/aromatic N) is 1. The maximum Gasteiger partial charge on any atom is 0.143 e. The van der Waals surface area contributed by atoms with Gasteiger partial charge in [-0.1, -0.05) is 11.6 Å². The largest absolute Gasteiger partial charge is 0.366 e. The van der Waals surface area contributed by atoms with E-state index in [4.69, 9.17) is 11.6 Å². The van der Waals surface area contributed by atoms with E-state index < -0.39 is 0 Å². The van der Waals surface area contributed by atoms with Gasteiger partial charge in [0.1, 0.15) is 5.82 Å². The molecule has 1 N–H and O–H groups in total. The zero-order chi connectivity index (χ0) is 10.8. The van der Waals surface area contributed by atoms with Gasteiger partial charge < -0.3 is 10.2 Å². The Hall–Kier alpha value is -0.510. The third-order valence-corrected chi connectivity index (χ3v) is 3.04. The second kappa shape index (κ2) is 5.71. The number of rotatable bonds is 1. The SMILES string of the molecule is CC1CNCCN1c1ccc(Cl)c(F)c1.Cl. The third-order valence-electron chi connectivity index (χ3n) is 2.74. The molecule has 1 atom stereocenters. The van der Waals surface area contributed by atoms with Crippen molar-refractivity contribution < 1.29 is 4.39 Å². The average molecular weight is 265 g/mol. The summed E-state index contributed by atoms with van der Waals surface area (Å²) in [5.41, 5.74) is 0.908. The molecule has 1 aliphatic heterocycles. The summed E-state index contributed by atoms with van der Waals surface area (Å²) >= 11 is 5.65. The monoisotopic (exact) mass is 264 g/mol. The van der Waals surface area contributed by atoms with Crippen LogP contribution < -0.4 is 10.2 Å². The van der Waals surface area contributed by atoms with Crippen LogP contribution in [0.1, 0.15) is 6.92 Å². The van der Waals surface area contributed by atoms with Crippen LogP contribution in [0, 0.1) is 5.82 Å². The van der Waals surface area contributed by atoms with Crippen LogP contribution in [-0.2, 0) is 0 Å².